The lowest BCUT2D eigenvalue weighted by Crippen LogP contribution is -2.27. The molecule has 1 heterocycles. The fraction of sp³-hybridized carbons (Fsp3) is 0.583. The number of rotatable bonds is 7. The van der Waals surface area contributed by atoms with E-state index in [0.29, 0.717) is 24.8 Å². The maximum absolute atomic E-state index is 10.8. The Labute approximate surface area is 100 Å². The van der Waals surface area contributed by atoms with E-state index in [0.717, 1.165) is 6.42 Å². The second-order valence-corrected chi connectivity index (χ2v) is 4.48. The van der Waals surface area contributed by atoms with Gasteiger partial charge in [-0.2, -0.15) is 0 Å². The quantitative estimate of drug-likeness (QED) is 0.673. The standard InChI is InChI=1S/C12H19NO4/c1-8(2)5-9(14)6-13-7-11-10(12(15)16)3-4-17-11/h3-4,8-9,13-14H,5-7H2,1-2H3,(H,15,16). The Morgan fingerprint density at radius 1 is 1.53 bits per heavy atom. The molecule has 0 fully saturated rings. The molecule has 0 aromatic carbocycles. The van der Waals surface area contributed by atoms with Gasteiger partial charge in [0.25, 0.3) is 0 Å². The zero-order chi connectivity index (χ0) is 12.8. The van der Waals surface area contributed by atoms with Crippen LogP contribution in [0, 0.1) is 5.92 Å². The average molecular weight is 241 g/mol. The van der Waals surface area contributed by atoms with Gasteiger partial charge in [-0.3, -0.25) is 0 Å². The van der Waals surface area contributed by atoms with Crippen molar-refractivity contribution < 1.29 is 19.4 Å². The number of hydrogen-bond acceptors (Lipinski definition) is 4. The number of carbonyl (C=O) groups is 1. The first-order chi connectivity index (χ1) is 8.00. The Balaban J connectivity index is 2.35. The van der Waals surface area contributed by atoms with Crippen LogP contribution in [0.1, 0.15) is 36.4 Å². The SMILES string of the molecule is CC(C)CC(O)CNCc1occc1C(=O)O. The Hall–Kier alpha value is -1.33. The molecular formula is C12H19NO4. The summed E-state index contributed by atoms with van der Waals surface area (Å²) >= 11 is 0. The summed E-state index contributed by atoms with van der Waals surface area (Å²) in [5.41, 5.74) is 0.163. The largest absolute Gasteiger partial charge is 0.478 e. The lowest BCUT2D eigenvalue weighted by Gasteiger charge is -2.13. The first-order valence-corrected chi connectivity index (χ1v) is 5.69. The third kappa shape index (κ3) is 4.58. The van der Waals surface area contributed by atoms with Gasteiger partial charge < -0.3 is 19.9 Å². The first-order valence-electron chi connectivity index (χ1n) is 5.69. The summed E-state index contributed by atoms with van der Waals surface area (Å²) in [7, 11) is 0. The molecule has 1 rings (SSSR count). The summed E-state index contributed by atoms with van der Waals surface area (Å²) in [6.45, 7) is 4.82. The van der Waals surface area contributed by atoms with Crippen LogP contribution >= 0.6 is 0 Å². The predicted octanol–water partition coefficient (Wildman–Crippen LogP) is 1.47. The van der Waals surface area contributed by atoms with Gasteiger partial charge in [0.15, 0.2) is 0 Å². The minimum atomic E-state index is -1.00. The van der Waals surface area contributed by atoms with Crippen LogP contribution in [0.4, 0.5) is 0 Å². The van der Waals surface area contributed by atoms with E-state index in [2.05, 4.69) is 5.32 Å². The molecule has 0 bridgehead atoms. The van der Waals surface area contributed by atoms with Crippen LogP contribution in [0.3, 0.4) is 0 Å². The van der Waals surface area contributed by atoms with E-state index in [9.17, 15) is 9.90 Å². The van der Waals surface area contributed by atoms with E-state index in [4.69, 9.17) is 9.52 Å². The van der Waals surface area contributed by atoms with E-state index in [1.807, 2.05) is 13.8 Å². The Bertz CT molecular complexity index is 359. The molecule has 0 radical (unpaired) electrons. The van der Waals surface area contributed by atoms with Crippen LogP contribution in [0.5, 0.6) is 0 Å². The Morgan fingerprint density at radius 2 is 2.24 bits per heavy atom. The molecule has 1 aromatic heterocycles. The van der Waals surface area contributed by atoms with Gasteiger partial charge in [0, 0.05) is 6.54 Å². The third-order valence-electron chi connectivity index (χ3n) is 2.38. The highest BCUT2D eigenvalue weighted by Crippen LogP contribution is 2.10. The normalized spacial score (nSPS) is 12.9. The van der Waals surface area contributed by atoms with Gasteiger partial charge in [0.2, 0.25) is 0 Å². The van der Waals surface area contributed by atoms with Crippen molar-refractivity contribution >= 4 is 5.97 Å². The van der Waals surface area contributed by atoms with Crippen molar-refractivity contribution in [2.75, 3.05) is 6.54 Å². The molecule has 1 unspecified atom stereocenters. The van der Waals surface area contributed by atoms with Gasteiger partial charge in [-0.05, 0) is 18.4 Å². The number of aliphatic hydroxyl groups is 1. The monoisotopic (exact) mass is 241 g/mol. The number of furan rings is 1. The highest BCUT2D eigenvalue weighted by molar-refractivity contribution is 5.88. The number of carboxylic acids is 1. The van der Waals surface area contributed by atoms with Gasteiger partial charge in [-0.15, -0.1) is 0 Å². The molecular weight excluding hydrogens is 222 g/mol. The number of aliphatic hydroxyl groups excluding tert-OH is 1. The second kappa shape index (κ2) is 6.42. The molecule has 17 heavy (non-hydrogen) atoms. The number of carboxylic acid groups (broad SMARTS) is 1. The fourth-order valence-corrected chi connectivity index (χ4v) is 1.65. The van der Waals surface area contributed by atoms with Gasteiger partial charge in [0.1, 0.15) is 11.3 Å². The molecule has 5 nitrogen and oxygen atoms in total. The lowest BCUT2D eigenvalue weighted by atomic mass is 10.1. The van der Waals surface area contributed by atoms with E-state index in [1.165, 1.54) is 12.3 Å². The molecule has 0 saturated carbocycles. The summed E-state index contributed by atoms with van der Waals surface area (Å²) in [5.74, 6) is -0.183. The topological polar surface area (TPSA) is 82.7 Å². The Morgan fingerprint density at radius 3 is 2.82 bits per heavy atom. The minimum Gasteiger partial charge on any atom is -0.478 e. The summed E-state index contributed by atoms with van der Waals surface area (Å²) in [4.78, 5) is 10.8. The maximum atomic E-state index is 10.8. The van der Waals surface area contributed by atoms with Crippen LogP contribution in [0.15, 0.2) is 16.7 Å². The number of hydrogen-bond donors (Lipinski definition) is 3. The van der Waals surface area contributed by atoms with Gasteiger partial charge in [0.05, 0.1) is 18.9 Å². The number of aromatic carboxylic acids is 1. The molecule has 0 aliphatic heterocycles. The third-order valence-corrected chi connectivity index (χ3v) is 2.38. The molecule has 1 atom stereocenters. The van der Waals surface area contributed by atoms with Crippen molar-refractivity contribution in [1.29, 1.82) is 0 Å². The zero-order valence-electron chi connectivity index (χ0n) is 10.1. The van der Waals surface area contributed by atoms with E-state index in [1.54, 1.807) is 0 Å². The summed E-state index contributed by atoms with van der Waals surface area (Å²) in [5, 5.41) is 21.4. The van der Waals surface area contributed by atoms with E-state index in [-0.39, 0.29) is 5.56 Å². The highest BCUT2D eigenvalue weighted by Gasteiger charge is 2.13. The summed E-state index contributed by atoms with van der Waals surface area (Å²) in [6, 6.07) is 1.42. The zero-order valence-corrected chi connectivity index (χ0v) is 10.1. The molecule has 5 heteroatoms. The van der Waals surface area contributed by atoms with Gasteiger partial charge in [-0.25, -0.2) is 4.79 Å². The molecule has 0 saturated heterocycles. The molecule has 1 aromatic rings. The predicted molar refractivity (Wildman–Crippen MR) is 62.8 cm³/mol. The van der Waals surface area contributed by atoms with Crippen molar-refractivity contribution in [2.24, 2.45) is 5.92 Å². The van der Waals surface area contributed by atoms with Crippen molar-refractivity contribution in [3.63, 3.8) is 0 Å². The lowest BCUT2D eigenvalue weighted by molar-refractivity contribution is 0.0694. The van der Waals surface area contributed by atoms with Crippen LogP contribution in [0.25, 0.3) is 0 Å². The minimum absolute atomic E-state index is 0.163. The van der Waals surface area contributed by atoms with E-state index >= 15 is 0 Å². The van der Waals surface area contributed by atoms with Crippen LogP contribution < -0.4 is 5.32 Å². The van der Waals surface area contributed by atoms with Crippen molar-refractivity contribution in [2.45, 2.75) is 32.9 Å². The molecule has 0 aliphatic rings. The van der Waals surface area contributed by atoms with Crippen molar-refractivity contribution in [3.05, 3.63) is 23.7 Å². The first kappa shape index (κ1) is 13.7. The molecule has 0 aliphatic carbocycles. The van der Waals surface area contributed by atoms with Gasteiger partial charge >= 0.3 is 5.97 Å². The average Bonchev–Trinajstić information content (AvgIpc) is 2.64. The maximum Gasteiger partial charge on any atom is 0.339 e. The molecule has 3 N–H and O–H groups in total. The number of nitrogens with one attached hydrogen (secondary N) is 1. The van der Waals surface area contributed by atoms with Crippen molar-refractivity contribution in [3.8, 4) is 0 Å². The van der Waals surface area contributed by atoms with Crippen molar-refractivity contribution in [1.82, 2.24) is 5.32 Å². The summed E-state index contributed by atoms with van der Waals surface area (Å²) < 4.78 is 5.06. The Kier molecular flexibility index (Phi) is 5.18. The van der Waals surface area contributed by atoms with E-state index < -0.39 is 12.1 Å². The molecule has 96 valence electrons. The smallest absolute Gasteiger partial charge is 0.339 e. The highest BCUT2D eigenvalue weighted by atomic mass is 16.4. The van der Waals surface area contributed by atoms with Crippen LogP contribution in [-0.2, 0) is 6.54 Å². The molecule has 0 amide bonds. The van der Waals surface area contributed by atoms with Crippen LogP contribution in [0.2, 0.25) is 0 Å². The second-order valence-electron chi connectivity index (χ2n) is 4.48. The summed E-state index contributed by atoms with van der Waals surface area (Å²) in [6.07, 6.45) is 1.65. The van der Waals surface area contributed by atoms with Gasteiger partial charge in [-0.1, -0.05) is 13.8 Å². The fourth-order valence-electron chi connectivity index (χ4n) is 1.65. The van der Waals surface area contributed by atoms with Crippen LogP contribution in [-0.4, -0.2) is 28.8 Å². The molecule has 0 spiro atoms.